The van der Waals surface area contributed by atoms with Crippen molar-refractivity contribution < 1.29 is 14.3 Å². The Morgan fingerprint density at radius 3 is 2.92 bits per heavy atom. The van der Waals surface area contributed by atoms with Crippen molar-refractivity contribution in [1.29, 1.82) is 0 Å². The molecule has 4 rings (SSSR count). The molecule has 0 saturated heterocycles. The average Bonchev–Trinajstić information content (AvgIpc) is 3.19. The van der Waals surface area contributed by atoms with Crippen LogP contribution in [0.4, 0.5) is 5.69 Å². The number of anilines is 1. The van der Waals surface area contributed by atoms with Crippen molar-refractivity contribution in [2.24, 2.45) is 7.05 Å². The molecule has 1 aromatic heterocycles. The first kappa shape index (κ1) is 15.7. The number of benzene rings is 1. The third-order valence-electron chi connectivity index (χ3n) is 4.90. The number of carbonyl (C=O) groups excluding carboxylic acids is 2. The normalized spacial score (nSPS) is 19.0. The summed E-state index contributed by atoms with van der Waals surface area (Å²) < 4.78 is 7.50. The number of rotatable bonds is 2. The molecule has 1 aromatic carbocycles. The van der Waals surface area contributed by atoms with Gasteiger partial charge in [-0.15, -0.1) is 0 Å². The van der Waals surface area contributed by atoms with E-state index < -0.39 is 6.04 Å². The van der Waals surface area contributed by atoms with Crippen LogP contribution in [0, 0.1) is 0 Å². The molecule has 2 aliphatic rings. The van der Waals surface area contributed by atoms with E-state index in [1.807, 2.05) is 31.3 Å². The number of hydrogen-bond donors (Lipinski definition) is 1. The summed E-state index contributed by atoms with van der Waals surface area (Å²) >= 11 is 0. The van der Waals surface area contributed by atoms with E-state index in [1.54, 1.807) is 11.7 Å². The molecule has 7 heteroatoms. The van der Waals surface area contributed by atoms with Gasteiger partial charge in [-0.1, -0.05) is 12.1 Å². The summed E-state index contributed by atoms with van der Waals surface area (Å²) in [5.74, 6) is 0.111. The molecule has 1 aliphatic carbocycles. The number of nitrogens with one attached hydrogen (secondary N) is 1. The molecule has 0 unspecified atom stereocenters. The van der Waals surface area contributed by atoms with Crippen molar-refractivity contribution in [2.75, 3.05) is 18.6 Å². The predicted molar refractivity (Wildman–Crippen MR) is 91.8 cm³/mol. The van der Waals surface area contributed by atoms with Gasteiger partial charge in [0.1, 0.15) is 18.4 Å². The van der Waals surface area contributed by atoms with Crippen LogP contribution >= 0.6 is 0 Å². The first-order chi connectivity index (χ1) is 12.1. The number of aryl methyl sites for hydroxylation is 1. The van der Waals surface area contributed by atoms with Gasteiger partial charge in [-0.25, -0.2) is 0 Å². The number of likely N-dealkylation sites (N-methyl/N-ethyl adjacent to an activating group) is 1. The number of hydrogen-bond acceptors (Lipinski definition) is 4. The summed E-state index contributed by atoms with van der Waals surface area (Å²) in [6, 6.07) is 6.59. The highest BCUT2D eigenvalue weighted by Gasteiger charge is 2.32. The fourth-order valence-corrected chi connectivity index (χ4v) is 3.58. The molecule has 130 valence electrons. The van der Waals surface area contributed by atoms with Crippen LogP contribution < -0.4 is 15.0 Å². The molecule has 0 saturated carbocycles. The highest BCUT2D eigenvalue weighted by atomic mass is 16.5. The molecule has 1 aliphatic heterocycles. The highest BCUT2D eigenvalue weighted by molar-refractivity contribution is 6.03. The van der Waals surface area contributed by atoms with Gasteiger partial charge in [-0.05, 0) is 31.4 Å². The van der Waals surface area contributed by atoms with Crippen LogP contribution in [-0.4, -0.2) is 41.3 Å². The van der Waals surface area contributed by atoms with E-state index in [0.717, 1.165) is 30.5 Å². The van der Waals surface area contributed by atoms with Gasteiger partial charge in [0.2, 0.25) is 0 Å². The summed E-state index contributed by atoms with van der Waals surface area (Å²) in [5.41, 5.74) is 3.23. The summed E-state index contributed by atoms with van der Waals surface area (Å²) in [6.07, 6.45) is 2.83. The molecule has 1 N–H and O–H groups in total. The molecule has 1 atom stereocenters. The molecular weight excluding hydrogens is 320 g/mol. The van der Waals surface area contributed by atoms with E-state index >= 15 is 0 Å². The zero-order chi connectivity index (χ0) is 17.6. The maximum Gasteiger partial charge on any atom is 0.272 e. The van der Waals surface area contributed by atoms with Gasteiger partial charge < -0.3 is 15.0 Å². The number of amides is 2. The molecule has 0 fully saturated rings. The molecule has 2 heterocycles. The molecule has 0 radical (unpaired) electrons. The Balaban J connectivity index is 1.56. The fourth-order valence-electron chi connectivity index (χ4n) is 3.58. The first-order valence-electron chi connectivity index (χ1n) is 8.41. The van der Waals surface area contributed by atoms with Gasteiger partial charge in [-0.3, -0.25) is 14.3 Å². The fraction of sp³-hybridized carbons (Fsp3) is 0.389. The third-order valence-corrected chi connectivity index (χ3v) is 4.90. The van der Waals surface area contributed by atoms with Gasteiger partial charge in [0.25, 0.3) is 11.8 Å². The van der Waals surface area contributed by atoms with Crippen LogP contribution in [0.2, 0.25) is 0 Å². The van der Waals surface area contributed by atoms with E-state index in [1.165, 1.54) is 4.90 Å². The summed E-state index contributed by atoms with van der Waals surface area (Å²) in [4.78, 5) is 27.0. The monoisotopic (exact) mass is 340 g/mol. The van der Waals surface area contributed by atoms with E-state index in [0.29, 0.717) is 17.1 Å². The standard InChI is InChI=1S/C18H20N4O3/c1-21-14-7-3-4-9-15(14)25-10-12(18(21)24)19-17(23)16-11-6-5-8-13(11)22(2)20-16/h3-4,7,9,12H,5-6,8,10H2,1-2H3,(H,19,23)/t12-/m0/s1. The summed E-state index contributed by atoms with van der Waals surface area (Å²) in [7, 11) is 3.54. The quantitative estimate of drug-likeness (QED) is 0.887. The Labute approximate surface area is 145 Å². The van der Waals surface area contributed by atoms with Crippen LogP contribution in [0.15, 0.2) is 24.3 Å². The molecule has 2 amide bonds. The maximum atomic E-state index is 12.7. The molecular formula is C18H20N4O3. The van der Waals surface area contributed by atoms with E-state index in [-0.39, 0.29) is 18.4 Å². The van der Waals surface area contributed by atoms with Gasteiger partial charge in [0, 0.05) is 25.4 Å². The number of nitrogens with zero attached hydrogens (tertiary/aromatic N) is 3. The maximum absolute atomic E-state index is 12.7. The predicted octanol–water partition coefficient (Wildman–Crippen LogP) is 1.06. The van der Waals surface area contributed by atoms with E-state index in [2.05, 4.69) is 10.4 Å². The zero-order valence-electron chi connectivity index (χ0n) is 14.3. The minimum absolute atomic E-state index is 0.0982. The Morgan fingerprint density at radius 2 is 2.08 bits per heavy atom. The Kier molecular flexibility index (Phi) is 3.71. The van der Waals surface area contributed by atoms with Crippen LogP contribution in [0.1, 0.15) is 28.2 Å². The van der Waals surface area contributed by atoms with Crippen LogP contribution in [0.5, 0.6) is 5.75 Å². The lowest BCUT2D eigenvalue weighted by molar-refractivity contribution is -0.120. The average molecular weight is 340 g/mol. The number of fused-ring (bicyclic) bond motifs is 2. The second kappa shape index (κ2) is 5.91. The summed E-state index contributed by atoms with van der Waals surface area (Å²) in [5, 5.41) is 7.15. The lowest BCUT2D eigenvalue weighted by Crippen LogP contribution is -2.49. The first-order valence-corrected chi connectivity index (χ1v) is 8.41. The van der Waals surface area contributed by atoms with E-state index in [9.17, 15) is 9.59 Å². The molecule has 0 spiro atoms. The lowest BCUT2D eigenvalue weighted by Gasteiger charge is -2.20. The van der Waals surface area contributed by atoms with Crippen molar-refractivity contribution in [3.8, 4) is 5.75 Å². The molecule has 25 heavy (non-hydrogen) atoms. The molecule has 0 bridgehead atoms. The zero-order valence-corrected chi connectivity index (χ0v) is 14.3. The van der Waals surface area contributed by atoms with Crippen LogP contribution in [0.3, 0.4) is 0 Å². The van der Waals surface area contributed by atoms with Gasteiger partial charge in [0.05, 0.1) is 5.69 Å². The van der Waals surface area contributed by atoms with Gasteiger partial charge in [0.15, 0.2) is 5.69 Å². The number of carbonyl (C=O) groups is 2. The minimum Gasteiger partial charge on any atom is -0.489 e. The summed E-state index contributed by atoms with van der Waals surface area (Å²) in [6.45, 7) is 0.0982. The topological polar surface area (TPSA) is 76.5 Å². The van der Waals surface area contributed by atoms with Crippen molar-refractivity contribution in [1.82, 2.24) is 15.1 Å². The Bertz CT molecular complexity index is 858. The molecule has 7 nitrogen and oxygen atoms in total. The Morgan fingerprint density at radius 1 is 1.28 bits per heavy atom. The van der Waals surface area contributed by atoms with Crippen LogP contribution in [0.25, 0.3) is 0 Å². The molecule has 2 aromatic rings. The second-order valence-electron chi connectivity index (χ2n) is 6.45. The smallest absolute Gasteiger partial charge is 0.272 e. The van der Waals surface area contributed by atoms with Crippen molar-refractivity contribution in [3.63, 3.8) is 0 Å². The number of ether oxygens (including phenoxy) is 1. The SMILES string of the molecule is CN1C(=O)[C@@H](NC(=O)c2nn(C)c3c2CCC3)COc2ccccc21. The minimum atomic E-state index is -0.746. The van der Waals surface area contributed by atoms with Crippen molar-refractivity contribution in [2.45, 2.75) is 25.3 Å². The highest BCUT2D eigenvalue weighted by Crippen LogP contribution is 2.30. The largest absolute Gasteiger partial charge is 0.489 e. The van der Waals surface area contributed by atoms with Gasteiger partial charge >= 0.3 is 0 Å². The number of aromatic nitrogens is 2. The van der Waals surface area contributed by atoms with Gasteiger partial charge in [-0.2, -0.15) is 5.10 Å². The second-order valence-corrected chi connectivity index (χ2v) is 6.45. The lowest BCUT2D eigenvalue weighted by atomic mass is 10.1. The number of para-hydroxylation sites is 2. The Hall–Kier alpha value is -2.83. The van der Waals surface area contributed by atoms with E-state index in [4.69, 9.17) is 4.74 Å². The van der Waals surface area contributed by atoms with Crippen molar-refractivity contribution in [3.05, 3.63) is 41.2 Å². The third kappa shape index (κ3) is 2.56. The van der Waals surface area contributed by atoms with Crippen molar-refractivity contribution >= 4 is 17.5 Å². The van der Waals surface area contributed by atoms with Crippen LogP contribution in [-0.2, 0) is 24.7 Å².